The Morgan fingerprint density at radius 2 is 1.93 bits per heavy atom. The van der Waals surface area contributed by atoms with Crippen LogP contribution in [0.25, 0.3) is 0 Å². The molecule has 1 unspecified atom stereocenters. The average Bonchev–Trinajstić information content (AvgIpc) is 3.61. The lowest BCUT2D eigenvalue weighted by atomic mass is 9.79. The van der Waals surface area contributed by atoms with Crippen molar-refractivity contribution in [3.63, 3.8) is 0 Å². The number of aryl methyl sites for hydroxylation is 1. The predicted octanol–water partition coefficient (Wildman–Crippen LogP) is 4.30. The predicted molar refractivity (Wildman–Crippen MR) is 169 cm³/mol. The van der Waals surface area contributed by atoms with Crippen LogP contribution in [0.4, 0.5) is 17.2 Å². The van der Waals surface area contributed by atoms with E-state index in [0.29, 0.717) is 53.7 Å². The minimum absolute atomic E-state index is 0.413. The molecule has 1 fully saturated rings. The fourth-order valence-electron chi connectivity index (χ4n) is 6.84. The quantitative estimate of drug-likeness (QED) is 0.337. The van der Waals surface area contributed by atoms with Crippen molar-refractivity contribution in [2.75, 3.05) is 48.9 Å². The van der Waals surface area contributed by atoms with E-state index in [1.807, 2.05) is 30.5 Å². The van der Waals surface area contributed by atoms with Crippen molar-refractivity contribution in [1.82, 2.24) is 9.88 Å². The number of fused-ring (bicyclic) bond motifs is 2. The second kappa shape index (κ2) is 10.6. The number of hydrogen-bond acceptors (Lipinski definition) is 8. The number of rotatable bonds is 6. The van der Waals surface area contributed by atoms with Gasteiger partial charge >= 0.3 is 0 Å². The van der Waals surface area contributed by atoms with Crippen molar-refractivity contribution in [3.8, 4) is 5.75 Å². The molecule has 3 aliphatic rings. The van der Waals surface area contributed by atoms with E-state index in [9.17, 15) is 8.42 Å². The van der Waals surface area contributed by atoms with Crippen molar-refractivity contribution < 1.29 is 13.2 Å². The van der Waals surface area contributed by atoms with Gasteiger partial charge in [-0.2, -0.15) is 0 Å². The summed E-state index contributed by atoms with van der Waals surface area (Å²) >= 11 is 0. The summed E-state index contributed by atoms with van der Waals surface area (Å²) < 4.78 is 32.6. The van der Waals surface area contributed by atoms with Gasteiger partial charge in [-0.05, 0) is 100.0 Å². The Morgan fingerprint density at radius 3 is 2.62 bits per heavy atom. The smallest absolute Gasteiger partial charge is 0.232 e. The third kappa shape index (κ3) is 5.03. The third-order valence-electron chi connectivity index (χ3n) is 9.08. The van der Waals surface area contributed by atoms with E-state index in [1.54, 1.807) is 7.11 Å². The summed E-state index contributed by atoms with van der Waals surface area (Å²) in [5, 5.41) is 6.83. The van der Waals surface area contributed by atoms with Crippen LogP contribution in [0.2, 0.25) is 0 Å². The second-order valence-corrected chi connectivity index (χ2v) is 13.9. The van der Waals surface area contributed by atoms with Gasteiger partial charge in [0.15, 0.2) is 0 Å². The molecule has 0 radical (unpaired) electrons. The van der Waals surface area contributed by atoms with Gasteiger partial charge in [0.2, 0.25) is 15.8 Å². The first kappa shape index (κ1) is 28.6. The standard InChI is InChI=1S/C31H41N7O3S/c1-19-17-25(27(41-4)18-24(19)20-9-11-22(12-10-20)37(2)3)31(32)35-29-23(13-15-33-29)30(36-31)34-26-8-6-7-21-14-16-38(28(21)26)42(5,39)40/h6-8,13,15,17-18,20,22,33,35H,9-12,14,16,32H2,1-5H3,(H,34,36). The Bertz CT molecular complexity index is 1640. The molecule has 3 aromatic rings. The molecule has 6 rings (SSSR count). The summed E-state index contributed by atoms with van der Waals surface area (Å²) in [4.78, 5) is 10.6. The molecule has 11 heteroatoms. The number of nitrogens with two attached hydrogens (primary N) is 1. The molecule has 0 saturated heterocycles. The highest BCUT2D eigenvalue weighted by molar-refractivity contribution is 7.92. The van der Waals surface area contributed by atoms with Crippen LogP contribution >= 0.6 is 0 Å². The zero-order valence-corrected chi connectivity index (χ0v) is 25.8. The van der Waals surface area contributed by atoms with E-state index in [1.165, 1.54) is 29.0 Å². The van der Waals surface area contributed by atoms with Gasteiger partial charge in [-0.3, -0.25) is 10.0 Å². The Hall–Kier alpha value is -3.54. The fourth-order valence-corrected chi connectivity index (χ4v) is 7.81. The molecule has 1 aliphatic carbocycles. The lowest BCUT2D eigenvalue weighted by Crippen LogP contribution is -2.47. The SMILES string of the molecule is COc1cc(C2CCC(N(C)C)CC2)c(C)cc1C1(N)N=C(Nc2cccc3c2N(S(C)(=O)=O)CC3)c2cc[nH]c2N1. The lowest BCUT2D eigenvalue weighted by molar-refractivity contribution is 0.216. The van der Waals surface area contributed by atoms with Gasteiger partial charge in [0.25, 0.3) is 0 Å². The molecule has 0 amide bonds. The normalized spacial score (nSPS) is 23.7. The number of amidine groups is 1. The number of anilines is 3. The topological polar surface area (TPSA) is 128 Å². The number of aromatic nitrogens is 1. The first-order valence-electron chi connectivity index (χ1n) is 14.5. The minimum Gasteiger partial charge on any atom is -0.496 e. The van der Waals surface area contributed by atoms with E-state index in [4.69, 9.17) is 15.5 Å². The van der Waals surface area contributed by atoms with E-state index < -0.39 is 15.8 Å². The summed E-state index contributed by atoms with van der Waals surface area (Å²) in [7, 11) is 2.56. The molecule has 5 N–H and O–H groups in total. The number of aliphatic imine (C=N–C) groups is 1. The average molecular weight is 592 g/mol. The van der Waals surface area contributed by atoms with E-state index in [2.05, 4.69) is 53.7 Å². The Labute approximate surface area is 248 Å². The van der Waals surface area contributed by atoms with Gasteiger partial charge < -0.3 is 25.3 Å². The molecule has 1 atom stereocenters. The molecule has 0 spiro atoms. The van der Waals surface area contributed by atoms with Crippen LogP contribution in [0, 0.1) is 6.92 Å². The summed E-state index contributed by atoms with van der Waals surface area (Å²) in [5.41, 5.74) is 13.4. The van der Waals surface area contributed by atoms with Gasteiger partial charge in [-0.25, -0.2) is 13.4 Å². The van der Waals surface area contributed by atoms with Crippen LogP contribution in [0.3, 0.4) is 0 Å². The zero-order chi connectivity index (χ0) is 29.8. The summed E-state index contributed by atoms with van der Waals surface area (Å²) in [6, 6.07) is 12.6. The first-order chi connectivity index (χ1) is 20.0. The van der Waals surface area contributed by atoms with Gasteiger partial charge in [0, 0.05) is 18.8 Å². The first-order valence-corrected chi connectivity index (χ1v) is 16.4. The number of nitrogens with one attached hydrogen (secondary N) is 3. The number of para-hydroxylation sites is 1. The van der Waals surface area contributed by atoms with Gasteiger partial charge in [0.05, 0.1) is 35.9 Å². The number of ether oxygens (including phenoxy) is 1. The highest BCUT2D eigenvalue weighted by Crippen LogP contribution is 2.43. The van der Waals surface area contributed by atoms with Crippen molar-refractivity contribution in [2.24, 2.45) is 10.7 Å². The summed E-state index contributed by atoms with van der Waals surface area (Å²) in [6.45, 7) is 2.55. The second-order valence-electron chi connectivity index (χ2n) is 12.0. The fraction of sp³-hybridized carbons (Fsp3) is 0.452. The van der Waals surface area contributed by atoms with Crippen LogP contribution in [0.15, 0.2) is 47.6 Å². The number of methoxy groups -OCH3 is 1. The molecule has 1 saturated carbocycles. The van der Waals surface area contributed by atoms with Crippen LogP contribution in [-0.2, 0) is 22.2 Å². The monoisotopic (exact) mass is 591 g/mol. The van der Waals surface area contributed by atoms with Crippen molar-refractivity contribution in [1.29, 1.82) is 0 Å². The van der Waals surface area contributed by atoms with Crippen LogP contribution < -0.4 is 25.4 Å². The van der Waals surface area contributed by atoms with Crippen molar-refractivity contribution in [3.05, 3.63) is 70.4 Å². The number of aromatic amines is 1. The number of nitrogens with zero attached hydrogens (tertiary/aromatic N) is 3. The maximum atomic E-state index is 12.6. The molecule has 224 valence electrons. The maximum absolute atomic E-state index is 12.6. The molecular formula is C31H41N7O3S. The van der Waals surface area contributed by atoms with E-state index in [0.717, 1.165) is 35.1 Å². The number of hydrogen-bond donors (Lipinski definition) is 4. The highest BCUT2D eigenvalue weighted by Gasteiger charge is 2.38. The van der Waals surface area contributed by atoms with Gasteiger partial charge in [-0.15, -0.1) is 0 Å². The van der Waals surface area contributed by atoms with Crippen LogP contribution in [0.1, 0.15) is 59.4 Å². The van der Waals surface area contributed by atoms with Crippen LogP contribution in [-0.4, -0.2) is 64.2 Å². The number of benzene rings is 2. The number of H-pyrrole nitrogens is 1. The largest absolute Gasteiger partial charge is 0.496 e. The Morgan fingerprint density at radius 1 is 1.17 bits per heavy atom. The molecule has 0 bridgehead atoms. The third-order valence-corrected chi connectivity index (χ3v) is 10.2. The van der Waals surface area contributed by atoms with Crippen molar-refractivity contribution in [2.45, 2.75) is 56.8 Å². The van der Waals surface area contributed by atoms with Crippen LogP contribution in [0.5, 0.6) is 5.75 Å². The molecule has 2 aromatic carbocycles. The lowest BCUT2D eigenvalue weighted by Gasteiger charge is -2.36. The molecule has 3 heterocycles. The molecule has 10 nitrogen and oxygen atoms in total. The molecule has 1 aromatic heterocycles. The van der Waals surface area contributed by atoms with E-state index >= 15 is 0 Å². The van der Waals surface area contributed by atoms with Crippen molar-refractivity contribution >= 4 is 33.1 Å². The zero-order valence-electron chi connectivity index (χ0n) is 25.0. The summed E-state index contributed by atoms with van der Waals surface area (Å²) in [6.07, 6.45) is 8.36. The maximum Gasteiger partial charge on any atom is 0.232 e. The molecular weight excluding hydrogens is 550 g/mol. The molecule has 42 heavy (non-hydrogen) atoms. The Balaban J connectivity index is 1.38. The minimum atomic E-state index is -3.44. The van der Waals surface area contributed by atoms with Gasteiger partial charge in [-0.1, -0.05) is 12.1 Å². The summed E-state index contributed by atoms with van der Waals surface area (Å²) in [5.74, 6) is 1.07. The highest BCUT2D eigenvalue weighted by atomic mass is 32.2. The molecule has 2 aliphatic heterocycles. The number of sulfonamides is 1. The van der Waals surface area contributed by atoms with Gasteiger partial charge in [0.1, 0.15) is 17.4 Å². The van der Waals surface area contributed by atoms with E-state index in [-0.39, 0.29) is 0 Å². The Kier molecular flexibility index (Phi) is 7.23.